The number of nitrogens with one attached hydrogen (secondary N) is 2. The molecule has 0 radical (unpaired) electrons. The lowest BCUT2D eigenvalue weighted by atomic mass is 10.1. The molecular weight excluding hydrogens is 435 g/mol. The zero-order chi connectivity index (χ0) is 22.0. The van der Waals surface area contributed by atoms with E-state index in [1.807, 2.05) is 42.0 Å². The highest BCUT2D eigenvalue weighted by Crippen LogP contribution is 2.33. The molecule has 0 saturated heterocycles. The minimum absolute atomic E-state index is 0.146. The average Bonchev–Trinajstić information content (AvgIpc) is 3.27. The van der Waals surface area contributed by atoms with Gasteiger partial charge in [-0.1, -0.05) is 35.3 Å². The molecule has 1 aromatic carbocycles. The van der Waals surface area contributed by atoms with Gasteiger partial charge >= 0.3 is 0 Å². The molecule has 4 aromatic rings. The number of rotatable bonds is 7. The number of aromatic nitrogens is 4. The van der Waals surface area contributed by atoms with E-state index in [0.29, 0.717) is 39.4 Å². The van der Waals surface area contributed by atoms with E-state index in [9.17, 15) is 0 Å². The van der Waals surface area contributed by atoms with Gasteiger partial charge in [-0.2, -0.15) is 0 Å². The third-order valence-electron chi connectivity index (χ3n) is 4.65. The Kier molecular flexibility index (Phi) is 6.06. The zero-order valence-corrected chi connectivity index (χ0v) is 18.5. The lowest BCUT2D eigenvalue weighted by Gasteiger charge is -2.15. The summed E-state index contributed by atoms with van der Waals surface area (Å²) in [4.78, 5) is 13.1. The summed E-state index contributed by atoms with van der Waals surface area (Å²) in [6.45, 7) is 4.14. The van der Waals surface area contributed by atoms with Gasteiger partial charge in [-0.25, -0.2) is 15.0 Å². The molecule has 0 atom stereocenters. The van der Waals surface area contributed by atoms with Crippen LogP contribution in [0.25, 0.3) is 16.6 Å². The number of ether oxygens (including phenoxy) is 1. The van der Waals surface area contributed by atoms with Gasteiger partial charge in [0.1, 0.15) is 23.7 Å². The second-order valence-electron chi connectivity index (χ2n) is 7.07. The Bertz CT molecular complexity index is 1260. The van der Waals surface area contributed by atoms with Crippen LogP contribution in [-0.2, 0) is 6.61 Å². The molecule has 2 N–H and O–H groups in total. The van der Waals surface area contributed by atoms with Crippen molar-refractivity contribution in [3.8, 4) is 11.4 Å². The molecule has 0 saturated carbocycles. The second-order valence-corrected chi connectivity index (χ2v) is 7.86. The van der Waals surface area contributed by atoms with Crippen molar-refractivity contribution in [2.45, 2.75) is 20.5 Å². The first kappa shape index (κ1) is 21.1. The second kappa shape index (κ2) is 8.91. The third kappa shape index (κ3) is 4.47. The zero-order valence-electron chi connectivity index (χ0n) is 17.0. The van der Waals surface area contributed by atoms with E-state index in [1.165, 1.54) is 6.20 Å². The van der Waals surface area contributed by atoms with Crippen LogP contribution >= 0.6 is 23.2 Å². The lowest BCUT2D eigenvalue weighted by Crippen LogP contribution is -2.12. The van der Waals surface area contributed by atoms with Crippen LogP contribution in [0.2, 0.25) is 10.0 Å². The van der Waals surface area contributed by atoms with E-state index >= 15 is 0 Å². The number of halogens is 2. The molecule has 3 aromatic heterocycles. The molecule has 0 aliphatic heterocycles. The number of anilines is 1. The number of imidazole rings is 1. The third-order valence-corrected chi connectivity index (χ3v) is 5.39. The minimum atomic E-state index is 0.146. The number of aryl methyl sites for hydroxylation is 1. The molecule has 31 heavy (non-hydrogen) atoms. The molecule has 158 valence electrons. The summed E-state index contributed by atoms with van der Waals surface area (Å²) >= 11 is 12.9. The van der Waals surface area contributed by atoms with Crippen molar-refractivity contribution in [1.82, 2.24) is 19.5 Å². The van der Waals surface area contributed by atoms with Crippen LogP contribution in [0.4, 0.5) is 5.82 Å². The van der Waals surface area contributed by atoms with Gasteiger partial charge in [0, 0.05) is 40.9 Å². The van der Waals surface area contributed by atoms with Crippen LogP contribution in [0.3, 0.4) is 0 Å². The Morgan fingerprint density at radius 2 is 2.13 bits per heavy atom. The maximum atomic E-state index is 7.57. The van der Waals surface area contributed by atoms with Crippen molar-refractivity contribution >= 4 is 45.6 Å². The quantitative estimate of drug-likeness (QED) is 0.361. The highest BCUT2D eigenvalue weighted by molar-refractivity contribution is 6.37. The monoisotopic (exact) mass is 454 g/mol. The van der Waals surface area contributed by atoms with Crippen LogP contribution in [0.5, 0.6) is 5.75 Å². The molecule has 0 fully saturated rings. The summed E-state index contributed by atoms with van der Waals surface area (Å²) in [5, 5.41) is 12.3. The fourth-order valence-electron chi connectivity index (χ4n) is 3.19. The lowest BCUT2D eigenvalue weighted by molar-refractivity contribution is 0.309. The van der Waals surface area contributed by atoms with E-state index in [-0.39, 0.29) is 6.61 Å². The van der Waals surface area contributed by atoms with E-state index in [4.69, 9.17) is 38.3 Å². The van der Waals surface area contributed by atoms with Gasteiger partial charge in [-0.15, -0.1) is 0 Å². The molecule has 0 aliphatic carbocycles. The predicted molar refractivity (Wildman–Crippen MR) is 124 cm³/mol. The van der Waals surface area contributed by atoms with Crippen LogP contribution in [0, 0.1) is 12.3 Å². The molecule has 0 bridgehead atoms. The fourth-order valence-corrected chi connectivity index (χ4v) is 3.70. The summed E-state index contributed by atoms with van der Waals surface area (Å²) < 4.78 is 8.07. The summed E-state index contributed by atoms with van der Waals surface area (Å²) in [7, 11) is 0. The minimum Gasteiger partial charge on any atom is -0.487 e. The highest BCUT2D eigenvalue weighted by Gasteiger charge is 2.15. The number of pyridine rings is 2. The van der Waals surface area contributed by atoms with Crippen molar-refractivity contribution in [1.29, 1.82) is 5.41 Å². The van der Waals surface area contributed by atoms with Gasteiger partial charge in [-0.05, 0) is 26.0 Å². The molecule has 0 amide bonds. The van der Waals surface area contributed by atoms with Crippen LogP contribution in [0.15, 0.2) is 49.2 Å². The molecule has 0 aliphatic rings. The summed E-state index contributed by atoms with van der Waals surface area (Å²) in [6, 6.07) is 7.80. The highest BCUT2D eigenvalue weighted by atomic mass is 35.5. The normalized spacial score (nSPS) is 11.0. The number of nitrogens with zero attached hydrogens (tertiary/aromatic N) is 4. The van der Waals surface area contributed by atoms with Gasteiger partial charge in [-0.3, -0.25) is 0 Å². The predicted octanol–water partition coefficient (Wildman–Crippen LogP) is 5.46. The summed E-state index contributed by atoms with van der Waals surface area (Å²) in [6.07, 6.45) is 6.91. The molecular formula is C22H20Cl2N6O. The molecule has 0 spiro atoms. The number of hydrogen-bond acceptors (Lipinski definition) is 6. The number of para-hydroxylation sites is 1. The number of hydrogen-bond donors (Lipinski definition) is 2. The summed E-state index contributed by atoms with van der Waals surface area (Å²) in [5.41, 5.74) is 3.66. The SMILES string of the molecule is CC(=N)CNc1ncc(Cl)c(COc2cccc3c(-n4ccnc4)cc(C)nc23)c1Cl. The van der Waals surface area contributed by atoms with Crippen LogP contribution < -0.4 is 10.1 Å². The fraction of sp³-hybridized carbons (Fsp3) is 0.182. The van der Waals surface area contributed by atoms with Crippen LogP contribution in [-0.4, -0.2) is 31.8 Å². The maximum Gasteiger partial charge on any atom is 0.146 e. The molecule has 4 rings (SSSR count). The Hall–Kier alpha value is -3.16. The first-order valence-electron chi connectivity index (χ1n) is 9.56. The van der Waals surface area contributed by atoms with Crippen molar-refractivity contribution in [3.63, 3.8) is 0 Å². The Morgan fingerprint density at radius 1 is 1.29 bits per heavy atom. The number of fused-ring (bicyclic) bond motifs is 1. The largest absolute Gasteiger partial charge is 0.487 e. The van der Waals surface area contributed by atoms with Crippen molar-refractivity contribution in [2.24, 2.45) is 0 Å². The van der Waals surface area contributed by atoms with E-state index < -0.39 is 0 Å². The maximum absolute atomic E-state index is 7.57. The van der Waals surface area contributed by atoms with E-state index in [0.717, 1.165) is 22.3 Å². The van der Waals surface area contributed by atoms with E-state index in [1.54, 1.807) is 19.4 Å². The Morgan fingerprint density at radius 3 is 2.87 bits per heavy atom. The molecule has 9 heteroatoms. The first-order valence-corrected chi connectivity index (χ1v) is 10.3. The number of benzene rings is 1. The van der Waals surface area contributed by atoms with Gasteiger partial charge in [0.15, 0.2) is 0 Å². The average molecular weight is 455 g/mol. The Balaban J connectivity index is 1.68. The van der Waals surface area contributed by atoms with Crippen molar-refractivity contribution < 1.29 is 4.74 Å². The van der Waals surface area contributed by atoms with E-state index in [2.05, 4.69) is 15.3 Å². The smallest absolute Gasteiger partial charge is 0.146 e. The van der Waals surface area contributed by atoms with Gasteiger partial charge in [0.25, 0.3) is 0 Å². The Labute approximate surface area is 189 Å². The molecule has 0 unspecified atom stereocenters. The van der Waals surface area contributed by atoms with Crippen LogP contribution in [0.1, 0.15) is 18.2 Å². The first-order chi connectivity index (χ1) is 14.9. The van der Waals surface area contributed by atoms with Gasteiger partial charge < -0.3 is 20.0 Å². The standard InChI is InChI=1S/C22H20Cl2N6O/c1-13(25)9-27-22-20(24)16(17(23)10-28-22)11-31-19-5-3-4-15-18(30-7-6-26-12-30)8-14(2)29-21(15)19/h3-8,10,12,25H,9,11H2,1-2H3,(H,27,28). The van der Waals surface area contributed by atoms with Gasteiger partial charge in [0.05, 0.1) is 28.6 Å². The topological polar surface area (TPSA) is 88.7 Å². The van der Waals surface area contributed by atoms with Crippen molar-refractivity contribution in [2.75, 3.05) is 11.9 Å². The summed E-state index contributed by atoms with van der Waals surface area (Å²) in [5.74, 6) is 1.09. The molecule has 3 heterocycles. The van der Waals surface area contributed by atoms with Crippen molar-refractivity contribution in [3.05, 3.63) is 70.5 Å². The molecule has 7 nitrogen and oxygen atoms in total. The van der Waals surface area contributed by atoms with Gasteiger partial charge in [0.2, 0.25) is 0 Å².